The molecule has 0 radical (unpaired) electrons. The van der Waals surface area contributed by atoms with Crippen LogP contribution >= 0.6 is 28.1 Å². The molecule has 0 spiro atoms. The molecule has 1 aromatic rings. The molecule has 3 nitrogen and oxygen atoms in total. The molecule has 0 unspecified atom stereocenters. The minimum Gasteiger partial charge on any atom is -0.376 e. The lowest BCUT2D eigenvalue weighted by Crippen LogP contribution is -2.40. The summed E-state index contributed by atoms with van der Waals surface area (Å²) in [5.41, 5.74) is 1.21. The molecule has 19 heavy (non-hydrogen) atoms. The van der Waals surface area contributed by atoms with Gasteiger partial charge in [0.05, 0.1) is 12.1 Å². The van der Waals surface area contributed by atoms with Crippen LogP contribution in [0.25, 0.3) is 0 Å². The highest BCUT2D eigenvalue weighted by Crippen LogP contribution is 2.16. The maximum Gasteiger partial charge on any atom is 0.166 e. The van der Waals surface area contributed by atoms with Gasteiger partial charge in [0, 0.05) is 17.6 Å². The first-order valence-corrected chi connectivity index (χ1v) is 7.76. The van der Waals surface area contributed by atoms with Crippen molar-refractivity contribution in [3.8, 4) is 0 Å². The largest absolute Gasteiger partial charge is 0.376 e. The summed E-state index contributed by atoms with van der Waals surface area (Å²) in [6, 6.07) is 8.44. The van der Waals surface area contributed by atoms with Crippen LogP contribution < -0.4 is 10.6 Å². The number of thiocarbonyl (C=S) groups is 1. The fourth-order valence-electron chi connectivity index (χ4n) is 2.09. The van der Waals surface area contributed by atoms with E-state index in [2.05, 4.69) is 45.6 Å². The fourth-order valence-corrected chi connectivity index (χ4v) is 2.62. The van der Waals surface area contributed by atoms with Crippen molar-refractivity contribution in [2.24, 2.45) is 0 Å². The smallest absolute Gasteiger partial charge is 0.166 e. The summed E-state index contributed by atoms with van der Waals surface area (Å²) in [5, 5.41) is 7.20. The van der Waals surface area contributed by atoms with E-state index in [4.69, 9.17) is 17.0 Å². The molecule has 2 atom stereocenters. The Bertz CT molecular complexity index is 418. The molecule has 0 amide bonds. The predicted octanol–water partition coefficient (Wildman–Crippen LogP) is 3.15. The van der Waals surface area contributed by atoms with Crippen molar-refractivity contribution < 1.29 is 4.74 Å². The average Bonchev–Trinajstić information content (AvgIpc) is 2.90. The van der Waals surface area contributed by atoms with E-state index in [1.165, 1.54) is 5.56 Å². The normalized spacial score (nSPS) is 20.0. The van der Waals surface area contributed by atoms with Gasteiger partial charge in [-0.2, -0.15) is 0 Å². The van der Waals surface area contributed by atoms with Crippen LogP contribution in [-0.4, -0.2) is 24.4 Å². The standard InChI is InChI=1S/C14H19BrN2OS/c1-10(11-4-6-12(15)7-5-11)17-14(19)16-9-13-3-2-8-18-13/h4-7,10,13H,2-3,8-9H2,1H3,(H2,16,17,19)/t10-,13-/m0/s1. The Hall–Kier alpha value is -0.650. The van der Waals surface area contributed by atoms with E-state index in [0.29, 0.717) is 11.2 Å². The van der Waals surface area contributed by atoms with E-state index in [1.807, 2.05) is 12.1 Å². The zero-order chi connectivity index (χ0) is 13.7. The van der Waals surface area contributed by atoms with Crippen molar-refractivity contribution in [2.45, 2.75) is 31.9 Å². The first kappa shape index (κ1) is 14.8. The van der Waals surface area contributed by atoms with Gasteiger partial charge in [0.15, 0.2) is 5.11 Å². The molecule has 1 aliphatic rings. The number of benzene rings is 1. The van der Waals surface area contributed by atoms with E-state index >= 15 is 0 Å². The summed E-state index contributed by atoms with van der Waals surface area (Å²) in [6.45, 7) is 3.77. The van der Waals surface area contributed by atoms with Crippen molar-refractivity contribution in [1.82, 2.24) is 10.6 Å². The van der Waals surface area contributed by atoms with Gasteiger partial charge in [-0.15, -0.1) is 0 Å². The molecule has 0 aliphatic carbocycles. The van der Waals surface area contributed by atoms with Crippen LogP contribution in [0.3, 0.4) is 0 Å². The molecule has 1 saturated heterocycles. The number of nitrogens with one attached hydrogen (secondary N) is 2. The van der Waals surface area contributed by atoms with Gasteiger partial charge in [0.2, 0.25) is 0 Å². The number of hydrogen-bond donors (Lipinski definition) is 2. The molecule has 2 rings (SSSR count). The SMILES string of the molecule is C[C@H](NC(=S)NC[C@@H]1CCCO1)c1ccc(Br)cc1. The second-order valence-electron chi connectivity index (χ2n) is 4.76. The second-order valence-corrected chi connectivity index (χ2v) is 6.09. The molecule has 104 valence electrons. The van der Waals surface area contributed by atoms with Gasteiger partial charge < -0.3 is 15.4 Å². The Morgan fingerprint density at radius 1 is 1.47 bits per heavy atom. The summed E-state index contributed by atoms with van der Waals surface area (Å²) in [7, 11) is 0. The Labute approximate surface area is 128 Å². The Balaban J connectivity index is 1.76. The first-order valence-electron chi connectivity index (χ1n) is 6.56. The van der Waals surface area contributed by atoms with Crippen LogP contribution in [0.5, 0.6) is 0 Å². The third-order valence-electron chi connectivity index (χ3n) is 3.23. The second kappa shape index (κ2) is 7.22. The fraction of sp³-hybridized carbons (Fsp3) is 0.500. The molecule has 0 saturated carbocycles. The molecule has 0 aromatic heterocycles. The van der Waals surface area contributed by atoms with E-state index in [0.717, 1.165) is 30.5 Å². The highest BCUT2D eigenvalue weighted by atomic mass is 79.9. The van der Waals surface area contributed by atoms with Crippen LogP contribution in [-0.2, 0) is 4.74 Å². The summed E-state index contributed by atoms with van der Waals surface area (Å²) < 4.78 is 6.64. The quantitative estimate of drug-likeness (QED) is 0.823. The molecule has 5 heteroatoms. The molecule has 1 aromatic carbocycles. The van der Waals surface area contributed by atoms with Crippen LogP contribution in [0.2, 0.25) is 0 Å². The Kier molecular flexibility index (Phi) is 5.60. The molecular formula is C14H19BrN2OS. The number of halogens is 1. The van der Waals surface area contributed by atoms with Gasteiger partial charge >= 0.3 is 0 Å². The third kappa shape index (κ3) is 4.75. The highest BCUT2D eigenvalue weighted by molar-refractivity contribution is 9.10. The van der Waals surface area contributed by atoms with Crippen molar-refractivity contribution >= 4 is 33.3 Å². The minimum absolute atomic E-state index is 0.192. The van der Waals surface area contributed by atoms with Crippen LogP contribution in [0.4, 0.5) is 0 Å². The van der Waals surface area contributed by atoms with Gasteiger partial charge in [-0.05, 0) is 49.7 Å². The van der Waals surface area contributed by atoms with Gasteiger partial charge in [-0.25, -0.2) is 0 Å². The zero-order valence-electron chi connectivity index (χ0n) is 11.0. The number of hydrogen-bond acceptors (Lipinski definition) is 2. The minimum atomic E-state index is 0.192. The molecule has 0 bridgehead atoms. The maximum atomic E-state index is 5.55. The summed E-state index contributed by atoms with van der Waals surface area (Å²) in [6.07, 6.45) is 2.59. The lowest BCUT2D eigenvalue weighted by molar-refractivity contribution is 0.114. The van der Waals surface area contributed by atoms with Crippen LogP contribution in [0.15, 0.2) is 28.7 Å². The zero-order valence-corrected chi connectivity index (χ0v) is 13.4. The maximum absolute atomic E-state index is 5.55. The average molecular weight is 343 g/mol. The van der Waals surface area contributed by atoms with Crippen molar-refractivity contribution in [2.75, 3.05) is 13.2 Å². The first-order chi connectivity index (χ1) is 9.15. The Morgan fingerprint density at radius 3 is 2.84 bits per heavy atom. The van der Waals surface area contributed by atoms with Crippen molar-refractivity contribution in [1.29, 1.82) is 0 Å². The van der Waals surface area contributed by atoms with Crippen molar-refractivity contribution in [3.63, 3.8) is 0 Å². The highest BCUT2D eigenvalue weighted by Gasteiger charge is 2.15. The van der Waals surface area contributed by atoms with Gasteiger partial charge in [0.1, 0.15) is 0 Å². The van der Waals surface area contributed by atoms with E-state index in [1.54, 1.807) is 0 Å². The van der Waals surface area contributed by atoms with E-state index in [-0.39, 0.29) is 6.04 Å². The molecule has 2 N–H and O–H groups in total. The summed E-state index contributed by atoms with van der Waals surface area (Å²) in [4.78, 5) is 0. The van der Waals surface area contributed by atoms with Crippen LogP contribution in [0, 0.1) is 0 Å². The lowest BCUT2D eigenvalue weighted by atomic mass is 10.1. The number of rotatable bonds is 4. The number of ether oxygens (including phenoxy) is 1. The van der Waals surface area contributed by atoms with Crippen molar-refractivity contribution in [3.05, 3.63) is 34.3 Å². The van der Waals surface area contributed by atoms with E-state index in [9.17, 15) is 0 Å². The monoisotopic (exact) mass is 342 g/mol. The third-order valence-corrected chi connectivity index (χ3v) is 4.02. The predicted molar refractivity (Wildman–Crippen MR) is 85.3 cm³/mol. The summed E-state index contributed by atoms with van der Waals surface area (Å²) in [5.74, 6) is 0. The van der Waals surface area contributed by atoms with Gasteiger partial charge in [-0.3, -0.25) is 0 Å². The van der Waals surface area contributed by atoms with Crippen LogP contribution in [0.1, 0.15) is 31.4 Å². The molecular weight excluding hydrogens is 324 g/mol. The topological polar surface area (TPSA) is 33.3 Å². The molecule has 1 aliphatic heterocycles. The van der Waals surface area contributed by atoms with Gasteiger partial charge in [-0.1, -0.05) is 28.1 Å². The lowest BCUT2D eigenvalue weighted by Gasteiger charge is -2.19. The Morgan fingerprint density at radius 2 is 2.21 bits per heavy atom. The summed E-state index contributed by atoms with van der Waals surface area (Å²) >= 11 is 8.74. The van der Waals surface area contributed by atoms with Gasteiger partial charge in [0.25, 0.3) is 0 Å². The molecule has 1 fully saturated rings. The van der Waals surface area contributed by atoms with E-state index < -0.39 is 0 Å². The molecule has 1 heterocycles.